The van der Waals surface area contributed by atoms with E-state index in [9.17, 15) is 74.6 Å². The van der Waals surface area contributed by atoms with E-state index < -0.39 is 162 Å². The van der Waals surface area contributed by atoms with Gasteiger partial charge >= 0.3 is 31.7 Å². The van der Waals surface area contributed by atoms with Gasteiger partial charge in [-0.05, 0) is 31.6 Å². The van der Waals surface area contributed by atoms with Gasteiger partial charge in [0, 0.05) is 25.7 Å². The molecule has 1 saturated carbocycles. The van der Waals surface area contributed by atoms with E-state index in [1.165, 1.54) is 218 Å². The molecule has 2 saturated heterocycles. The molecule has 708 valence electrons. The van der Waals surface area contributed by atoms with Gasteiger partial charge in [-0.3, -0.25) is 28.2 Å². The number of ether oxygens (including phenoxy) is 8. The van der Waals surface area contributed by atoms with E-state index >= 15 is 0 Å². The second kappa shape index (κ2) is 72.4. The summed E-state index contributed by atoms with van der Waals surface area (Å²) in [7, 11) is -5.81. The van der Waals surface area contributed by atoms with Gasteiger partial charge in [-0.25, -0.2) is 4.57 Å². The van der Waals surface area contributed by atoms with Crippen LogP contribution < -0.4 is 0 Å². The summed E-state index contributed by atoms with van der Waals surface area (Å²) in [6.07, 6.45) is 29.4. The Morgan fingerprint density at radius 1 is 0.325 bits per heavy atom. The Labute approximate surface area is 725 Å². The highest BCUT2D eigenvalue weighted by Crippen LogP contribution is 2.49. The minimum absolute atomic E-state index is 0.0193. The quantitative estimate of drug-likeness (QED) is 0.0117. The van der Waals surface area contributed by atoms with Gasteiger partial charge in [0.2, 0.25) is 0 Å². The minimum atomic E-state index is -5.81. The molecule has 120 heavy (non-hydrogen) atoms. The van der Waals surface area contributed by atoms with Crippen molar-refractivity contribution in [1.29, 1.82) is 0 Å². The Balaban J connectivity index is 1.91. The maximum atomic E-state index is 14.9. The first kappa shape index (κ1) is 112. The van der Waals surface area contributed by atoms with Crippen molar-refractivity contribution in [2.75, 3.05) is 26.4 Å². The summed E-state index contributed by atoms with van der Waals surface area (Å²) in [5, 5.41) is 102. The summed E-state index contributed by atoms with van der Waals surface area (Å²) in [6.45, 7) is 7.95. The van der Waals surface area contributed by atoms with Gasteiger partial charge in [0.1, 0.15) is 92.6 Å². The van der Waals surface area contributed by atoms with Crippen LogP contribution in [0, 0.1) is 5.92 Å². The van der Waals surface area contributed by atoms with E-state index in [0.717, 1.165) is 128 Å². The molecule has 26 heteroatoms. The fraction of sp³-hybridized carbons (Fsp3) is 0.957. The Morgan fingerprint density at radius 2 is 0.625 bits per heavy atom. The van der Waals surface area contributed by atoms with Gasteiger partial charge in [-0.2, -0.15) is 0 Å². The third kappa shape index (κ3) is 52.1. The van der Waals surface area contributed by atoms with Crippen molar-refractivity contribution < 1.29 is 122 Å². The SMILES string of the molecule is CCCCCCCCCCCCCCCCCCC(=O)OCC(COP(=O)(O)OC1C(OC2OC(CO)C(O)C(O)C2O)C(O)C(O)C(OC(=O)CCCCCCCCC(C)CCCCCCCC)C1OC1OC(COC(=O)CCCCCCCCCCCCCCC)C(O)C(O)C1O)OC(=O)CCCCCCCCCCCCCCCCCC. The van der Waals surface area contributed by atoms with Crippen molar-refractivity contribution in [1.82, 2.24) is 0 Å². The average molecular weight is 1740 g/mol. The number of hydrogen-bond acceptors (Lipinski definition) is 24. The summed E-state index contributed by atoms with van der Waals surface area (Å²) in [5.41, 5.74) is 0. The van der Waals surface area contributed by atoms with Crippen LogP contribution >= 0.6 is 7.82 Å². The van der Waals surface area contributed by atoms with E-state index in [-0.39, 0.29) is 25.7 Å². The topological polar surface area (TPSA) is 380 Å². The summed E-state index contributed by atoms with van der Waals surface area (Å²) >= 11 is 0. The first-order chi connectivity index (χ1) is 58.1. The molecule has 3 aliphatic rings. The maximum absolute atomic E-state index is 14.9. The molecule has 3 fully saturated rings. The number of carbonyl (C=O) groups is 4. The molecule has 0 spiro atoms. The van der Waals surface area contributed by atoms with Crippen molar-refractivity contribution >= 4 is 31.7 Å². The van der Waals surface area contributed by atoms with Crippen molar-refractivity contribution in [3.8, 4) is 0 Å². The van der Waals surface area contributed by atoms with Gasteiger partial charge in [-0.15, -0.1) is 0 Å². The van der Waals surface area contributed by atoms with Crippen LogP contribution in [0.5, 0.6) is 0 Å². The van der Waals surface area contributed by atoms with Gasteiger partial charge in [0.05, 0.1) is 13.2 Å². The zero-order chi connectivity index (χ0) is 87.6. The van der Waals surface area contributed by atoms with E-state index in [4.69, 9.17) is 46.9 Å². The second-order valence-electron chi connectivity index (χ2n) is 35.6. The van der Waals surface area contributed by atoms with E-state index in [1.54, 1.807) is 0 Å². The molecule has 10 N–H and O–H groups in total. The number of rotatable bonds is 80. The van der Waals surface area contributed by atoms with Crippen LogP contribution in [-0.4, -0.2) is 205 Å². The first-order valence-corrected chi connectivity index (χ1v) is 50.7. The molecule has 19 atom stereocenters. The lowest BCUT2D eigenvalue weighted by Crippen LogP contribution is -2.70. The number of phosphoric ester groups is 1. The lowest BCUT2D eigenvalue weighted by molar-refractivity contribution is -0.360. The minimum Gasteiger partial charge on any atom is -0.463 e. The Hall–Kier alpha value is -2.53. The number of hydrogen-bond donors (Lipinski definition) is 10. The standard InChI is InChI=1S/C94H177O25P/c1-6-10-14-18-22-25-28-31-33-35-38-41-43-46-53-59-65-77(96)110-70-74(113-79(98)67-61-55-48-45-42-39-36-34-32-29-26-23-19-15-11-7-2)71-112-120(108,109)119-92-90(117-93-87(106)83(102)81(100)75(69-95)114-93)86(105)85(104)89(116-80(99)68-62-56-50-49-52-58-64-73(5)63-57-51-21-17-13-9-4)91(92)118-94-88(107)84(103)82(101)76(115-94)72-111-78(97)66-60-54-47-44-40-37-30-27-24-20-16-12-8-3/h73-76,81-95,100-107H,6-72H2,1-5H3,(H,108,109). The maximum Gasteiger partial charge on any atom is 0.472 e. The molecule has 1 aliphatic carbocycles. The lowest BCUT2D eigenvalue weighted by atomic mass is 9.84. The zero-order valence-corrected chi connectivity index (χ0v) is 76.7. The highest BCUT2D eigenvalue weighted by molar-refractivity contribution is 7.47. The average Bonchev–Trinajstić information content (AvgIpc) is 0.754. The largest absolute Gasteiger partial charge is 0.472 e. The molecule has 19 unspecified atom stereocenters. The fourth-order valence-corrected chi connectivity index (χ4v) is 17.6. The van der Waals surface area contributed by atoms with Crippen molar-refractivity contribution in [2.45, 2.75) is 543 Å². The smallest absolute Gasteiger partial charge is 0.463 e. The third-order valence-corrected chi connectivity index (χ3v) is 25.5. The molecule has 2 heterocycles. The highest BCUT2D eigenvalue weighted by atomic mass is 31.2. The van der Waals surface area contributed by atoms with Crippen LogP contribution in [-0.2, 0) is 70.7 Å². The predicted octanol–water partition coefficient (Wildman–Crippen LogP) is 18.8. The summed E-state index contributed by atoms with van der Waals surface area (Å²) in [4.78, 5) is 66.6. The number of carbonyl (C=O) groups excluding carboxylic acids is 4. The van der Waals surface area contributed by atoms with E-state index in [1.807, 2.05) is 0 Å². The summed E-state index contributed by atoms with van der Waals surface area (Å²) in [5.74, 6) is -2.31. The molecular formula is C94H177O25P. The highest BCUT2D eigenvalue weighted by Gasteiger charge is 2.60. The van der Waals surface area contributed by atoms with E-state index in [2.05, 4.69) is 34.6 Å². The van der Waals surface area contributed by atoms with Crippen molar-refractivity contribution in [3.63, 3.8) is 0 Å². The molecule has 0 aromatic rings. The van der Waals surface area contributed by atoms with Gasteiger partial charge in [0.25, 0.3) is 0 Å². The number of aliphatic hydroxyl groups excluding tert-OH is 9. The normalized spacial score (nSPS) is 24.9. The van der Waals surface area contributed by atoms with Crippen molar-refractivity contribution in [2.24, 2.45) is 5.92 Å². The van der Waals surface area contributed by atoms with Gasteiger partial charge in [0.15, 0.2) is 24.8 Å². The van der Waals surface area contributed by atoms with Crippen LogP contribution in [0.1, 0.15) is 439 Å². The van der Waals surface area contributed by atoms with E-state index in [0.29, 0.717) is 38.0 Å². The van der Waals surface area contributed by atoms with Crippen LogP contribution in [0.3, 0.4) is 0 Å². The van der Waals surface area contributed by atoms with Crippen LogP contribution in [0.2, 0.25) is 0 Å². The Morgan fingerprint density at radius 3 is 0.992 bits per heavy atom. The first-order valence-electron chi connectivity index (χ1n) is 49.2. The Bertz CT molecular complexity index is 2500. The van der Waals surface area contributed by atoms with Crippen LogP contribution in [0.4, 0.5) is 0 Å². The number of aliphatic hydroxyl groups is 9. The fourth-order valence-electron chi connectivity index (χ4n) is 16.6. The molecule has 0 amide bonds. The van der Waals surface area contributed by atoms with Gasteiger partial charge in [-0.1, -0.05) is 388 Å². The van der Waals surface area contributed by atoms with Crippen LogP contribution in [0.15, 0.2) is 0 Å². The Kier molecular flexibility index (Phi) is 67.3. The molecule has 0 aromatic carbocycles. The number of unbranched alkanes of at least 4 members (excludes halogenated alkanes) is 52. The predicted molar refractivity (Wildman–Crippen MR) is 467 cm³/mol. The lowest BCUT2D eigenvalue weighted by Gasteiger charge is -2.50. The number of phosphoric acid groups is 1. The molecule has 2 aliphatic heterocycles. The van der Waals surface area contributed by atoms with Gasteiger partial charge < -0.3 is 88.7 Å². The monoisotopic (exact) mass is 1740 g/mol. The molecule has 0 aromatic heterocycles. The summed E-state index contributed by atoms with van der Waals surface area (Å²) in [6, 6.07) is 0. The molecule has 0 bridgehead atoms. The molecular weight excluding hydrogens is 1560 g/mol. The second-order valence-corrected chi connectivity index (χ2v) is 37.0. The zero-order valence-electron chi connectivity index (χ0n) is 75.8. The molecule has 3 rings (SSSR count). The third-order valence-electron chi connectivity index (χ3n) is 24.5. The number of esters is 4. The molecule has 25 nitrogen and oxygen atoms in total. The van der Waals surface area contributed by atoms with Crippen molar-refractivity contribution in [3.05, 3.63) is 0 Å². The molecule has 0 radical (unpaired) electrons. The summed E-state index contributed by atoms with van der Waals surface area (Å²) < 4.78 is 73.6. The van der Waals surface area contributed by atoms with Crippen LogP contribution in [0.25, 0.3) is 0 Å².